The highest BCUT2D eigenvalue weighted by atomic mass is 19.4. The van der Waals surface area contributed by atoms with Crippen LogP contribution in [-0.4, -0.2) is 12.4 Å². The largest absolute Gasteiger partial charge is 0.392 e. The van der Waals surface area contributed by atoms with Crippen molar-refractivity contribution < 1.29 is 26.3 Å². The van der Waals surface area contributed by atoms with Crippen molar-refractivity contribution in [3.63, 3.8) is 0 Å². The highest BCUT2D eigenvalue weighted by Crippen LogP contribution is 2.56. The van der Waals surface area contributed by atoms with Crippen LogP contribution in [0.3, 0.4) is 0 Å². The van der Waals surface area contributed by atoms with E-state index in [-0.39, 0.29) is 25.7 Å². The van der Waals surface area contributed by atoms with Gasteiger partial charge in [0.05, 0.1) is 11.8 Å². The Morgan fingerprint density at radius 3 is 1.20 bits per heavy atom. The first-order valence-corrected chi connectivity index (χ1v) is 6.47. The van der Waals surface area contributed by atoms with E-state index in [9.17, 15) is 26.3 Å². The minimum Gasteiger partial charge on any atom is -0.171 e. The van der Waals surface area contributed by atoms with Crippen LogP contribution < -0.4 is 0 Å². The van der Waals surface area contributed by atoms with Crippen LogP contribution in [0.1, 0.15) is 25.7 Å². The van der Waals surface area contributed by atoms with Crippen molar-refractivity contribution in [2.45, 2.75) is 38.0 Å². The molecule has 2 aliphatic carbocycles. The molecular formula is C14H16F6. The van der Waals surface area contributed by atoms with Crippen LogP contribution in [0.2, 0.25) is 0 Å². The third-order valence-corrected chi connectivity index (χ3v) is 4.49. The van der Waals surface area contributed by atoms with Crippen molar-refractivity contribution in [3.8, 4) is 0 Å². The molecule has 6 heteroatoms. The summed E-state index contributed by atoms with van der Waals surface area (Å²) in [5.41, 5.74) is 0.798. The molecule has 0 radical (unpaired) electrons. The molecule has 2 aliphatic rings. The van der Waals surface area contributed by atoms with E-state index in [0.29, 0.717) is 11.1 Å². The van der Waals surface area contributed by atoms with E-state index < -0.39 is 36.0 Å². The lowest BCUT2D eigenvalue weighted by Crippen LogP contribution is -2.36. The molecule has 114 valence electrons. The third-order valence-electron chi connectivity index (χ3n) is 4.49. The van der Waals surface area contributed by atoms with Crippen LogP contribution in [0.15, 0.2) is 24.3 Å². The Balaban J connectivity index is 2.28. The third kappa shape index (κ3) is 2.88. The topological polar surface area (TPSA) is 0 Å². The van der Waals surface area contributed by atoms with E-state index in [1.54, 1.807) is 0 Å². The van der Waals surface area contributed by atoms with Gasteiger partial charge in [0.25, 0.3) is 0 Å². The molecule has 20 heavy (non-hydrogen) atoms. The van der Waals surface area contributed by atoms with Gasteiger partial charge in [-0.25, -0.2) is 0 Å². The van der Waals surface area contributed by atoms with Crippen molar-refractivity contribution in [1.82, 2.24) is 0 Å². The summed E-state index contributed by atoms with van der Waals surface area (Å²) in [7, 11) is 0. The second kappa shape index (κ2) is 4.81. The number of rotatable bonds is 1. The van der Waals surface area contributed by atoms with Gasteiger partial charge in [-0.3, -0.25) is 0 Å². The zero-order chi connectivity index (χ0) is 15.3. The van der Waals surface area contributed by atoms with Crippen molar-refractivity contribution in [3.05, 3.63) is 24.3 Å². The van der Waals surface area contributed by atoms with Crippen LogP contribution in [0, 0.1) is 23.7 Å². The number of halogens is 6. The summed E-state index contributed by atoms with van der Waals surface area (Å²) in [5.74, 6) is -5.44. The lowest BCUT2D eigenvalue weighted by molar-refractivity contribution is -0.211. The molecule has 0 aromatic rings. The molecule has 0 bridgehead atoms. The number of hydrogen-bond acceptors (Lipinski definition) is 0. The van der Waals surface area contributed by atoms with Gasteiger partial charge in [-0.2, -0.15) is 26.3 Å². The van der Waals surface area contributed by atoms with Gasteiger partial charge in [0.2, 0.25) is 0 Å². The van der Waals surface area contributed by atoms with Crippen LogP contribution >= 0.6 is 0 Å². The highest BCUT2D eigenvalue weighted by molar-refractivity contribution is 5.15. The Labute approximate surface area is 113 Å². The minimum atomic E-state index is -4.47. The molecule has 0 spiro atoms. The van der Waals surface area contributed by atoms with Crippen LogP contribution in [-0.2, 0) is 0 Å². The molecule has 0 saturated heterocycles. The van der Waals surface area contributed by atoms with E-state index in [4.69, 9.17) is 0 Å². The maximum atomic E-state index is 13.0. The fraction of sp³-hybridized carbons (Fsp3) is 0.714. The lowest BCUT2D eigenvalue weighted by atomic mass is 9.77. The second-order valence-electron chi connectivity index (χ2n) is 5.94. The summed E-state index contributed by atoms with van der Waals surface area (Å²) in [5, 5.41) is 0. The molecule has 2 saturated carbocycles. The zero-order valence-corrected chi connectivity index (χ0v) is 10.8. The maximum absolute atomic E-state index is 13.0. The van der Waals surface area contributed by atoms with Crippen molar-refractivity contribution in [2.75, 3.05) is 0 Å². The lowest BCUT2D eigenvalue weighted by Gasteiger charge is -2.31. The Morgan fingerprint density at radius 1 is 0.650 bits per heavy atom. The quantitative estimate of drug-likeness (QED) is 0.456. The molecule has 4 atom stereocenters. The standard InChI is InChI=1S/C14H16F6/c1-7-3-9(11(5-7)13(15,16)17)10-4-8(2)6-12(10)14(18,19)20/h9-12H,1-6H2. The fourth-order valence-corrected chi connectivity index (χ4v) is 3.66. The van der Waals surface area contributed by atoms with E-state index in [1.165, 1.54) is 0 Å². The Kier molecular flexibility index (Phi) is 3.71. The molecule has 0 N–H and O–H groups in total. The SMILES string of the molecule is C=C1CC(C2CC(=C)CC2C(F)(F)F)C(C(F)(F)F)C1. The normalized spacial score (nSPS) is 35.9. The van der Waals surface area contributed by atoms with Crippen LogP contribution in [0.25, 0.3) is 0 Å². The van der Waals surface area contributed by atoms with Crippen LogP contribution in [0.4, 0.5) is 26.3 Å². The first-order chi connectivity index (χ1) is 9.00. The smallest absolute Gasteiger partial charge is 0.171 e. The van der Waals surface area contributed by atoms with Crippen molar-refractivity contribution >= 4 is 0 Å². The van der Waals surface area contributed by atoms with Gasteiger partial charge in [0.1, 0.15) is 0 Å². The predicted octanol–water partition coefficient (Wildman–Crippen LogP) is 5.28. The monoisotopic (exact) mass is 298 g/mol. The summed E-state index contributed by atoms with van der Waals surface area (Å²) < 4.78 is 78.1. The first-order valence-electron chi connectivity index (χ1n) is 6.47. The zero-order valence-electron chi connectivity index (χ0n) is 10.8. The van der Waals surface area contributed by atoms with Gasteiger partial charge in [0, 0.05) is 0 Å². The second-order valence-corrected chi connectivity index (χ2v) is 5.94. The number of alkyl halides is 6. The van der Waals surface area contributed by atoms with E-state index in [2.05, 4.69) is 13.2 Å². The molecule has 0 heterocycles. The molecular weight excluding hydrogens is 282 g/mol. The summed E-state index contributed by atoms with van der Waals surface area (Å²) in [6.45, 7) is 7.08. The molecule has 0 aliphatic heterocycles. The predicted molar refractivity (Wildman–Crippen MR) is 62.8 cm³/mol. The first kappa shape index (κ1) is 15.4. The van der Waals surface area contributed by atoms with Gasteiger partial charge in [0.15, 0.2) is 0 Å². The van der Waals surface area contributed by atoms with Gasteiger partial charge >= 0.3 is 12.4 Å². The maximum Gasteiger partial charge on any atom is 0.392 e. The van der Waals surface area contributed by atoms with E-state index in [1.807, 2.05) is 0 Å². The molecule has 2 rings (SSSR count). The van der Waals surface area contributed by atoms with Gasteiger partial charge in [-0.1, -0.05) is 24.3 Å². The van der Waals surface area contributed by atoms with E-state index in [0.717, 1.165) is 0 Å². The number of allylic oxidation sites excluding steroid dienone is 2. The molecule has 0 aromatic heterocycles. The summed E-state index contributed by atoms with van der Waals surface area (Å²) in [4.78, 5) is 0. The molecule has 0 amide bonds. The molecule has 0 nitrogen and oxygen atoms in total. The fourth-order valence-electron chi connectivity index (χ4n) is 3.66. The highest BCUT2D eigenvalue weighted by Gasteiger charge is 2.57. The Bertz CT molecular complexity index is 376. The molecule has 2 fully saturated rings. The Morgan fingerprint density at radius 2 is 0.950 bits per heavy atom. The summed E-state index contributed by atoms with van der Waals surface area (Å²) in [6, 6.07) is 0. The van der Waals surface area contributed by atoms with Crippen molar-refractivity contribution in [1.29, 1.82) is 0 Å². The Hall–Kier alpha value is -0.940. The molecule has 0 aromatic carbocycles. The number of hydrogen-bond donors (Lipinski definition) is 0. The van der Waals surface area contributed by atoms with Gasteiger partial charge < -0.3 is 0 Å². The summed E-state index contributed by atoms with van der Waals surface area (Å²) >= 11 is 0. The average molecular weight is 298 g/mol. The van der Waals surface area contributed by atoms with Crippen molar-refractivity contribution in [2.24, 2.45) is 23.7 Å². The van der Waals surface area contributed by atoms with Gasteiger partial charge in [-0.05, 0) is 37.5 Å². The van der Waals surface area contributed by atoms with E-state index >= 15 is 0 Å². The van der Waals surface area contributed by atoms with Crippen LogP contribution in [0.5, 0.6) is 0 Å². The van der Waals surface area contributed by atoms with Gasteiger partial charge in [-0.15, -0.1) is 0 Å². The minimum absolute atomic E-state index is 0.0364. The molecule has 4 unspecified atom stereocenters. The average Bonchev–Trinajstić information content (AvgIpc) is 2.79. The summed E-state index contributed by atoms with van der Waals surface area (Å²) in [6.07, 6.45) is -9.36.